The highest BCUT2D eigenvalue weighted by atomic mass is 19.1. The smallest absolute Gasteiger partial charge is 0.245 e. The topological polar surface area (TPSA) is 113 Å². The number of rotatable bonds is 10. The Labute approximate surface area is 192 Å². The zero-order chi connectivity index (χ0) is 23.8. The number of benzene rings is 2. The second-order valence-corrected chi connectivity index (χ2v) is 8.42. The van der Waals surface area contributed by atoms with Crippen molar-refractivity contribution in [3.05, 3.63) is 71.5 Å². The maximum Gasteiger partial charge on any atom is 0.245 e. The standard InChI is InChI=1S/C25H30FN3O4/c26-19-10-5-9-18(14-19)22-15-20(30)16-29(22)25(33)21(12-13-23(27)31)28-24(32)11-4-8-17-6-2-1-3-7-17/h1-3,5-7,9-10,14,20-22,30H,4,8,11-13,15-16H2,(H2,27,31)(H,28,32). The summed E-state index contributed by atoms with van der Waals surface area (Å²) in [5, 5.41) is 12.9. The van der Waals surface area contributed by atoms with E-state index in [9.17, 15) is 23.9 Å². The van der Waals surface area contributed by atoms with E-state index in [2.05, 4.69) is 5.32 Å². The molecular formula is C25H30FN3O4. The predicted molar refractivity (Wildman–Crippen MR) is 121 cm³/mol. The quantitative estimate of drug-likeness (QED) is 0.510. The fraction of sp³-hybridized carbons (Fsp3) is 0.400. The Morgan fingerprint density at radius 3 is 2.58 bits per heavy atom. The van der Waals surface area contributed by atoms with Crippen LogP contribution in [0.2, 0.25) is 0 Å². The Bertz CT molecular complexity index is 969. The van der Waals surface area contributed by atoms with Gasteiger partial charge in [-0.2, -0.15) is 0 Å². The molecule has 3 atom stereocenters. The van der Waals surface area contributed by atoms with Crippen LogP contribution in [-0.2, 0) is 20.8 Å². The number of carbonyl (C=O) groups is 3. The lowest BCUT2D eigenvalue weighted by atomic mass is 10.0. The van der Waals surface area contributed by atoms with Crippen LogP contribution >= 0.6 is 0 Å². The average molecular weight is 456 g/mol. The van der Waals surface area contributed by atoms with Crippen molar-refractivity contribution in [1.82, 2.24) is 10.2 Å². The third-order valence-corrected chi connectivity index (χ3v) is 5.82. The number of carbonyl (C=O) groups excluding carboxylic acids is 3. The van der Waals surface area contributed by atoms with Gasteiger partial charge in [-0.15, -0.1) is 0 Å². The molecule has 0 saturated carbocycles. The Morgan fingerprint density at radius 1 is 1.12 bits per heavy atom. The summed E-state index contributed by atoms with van der Waals surface area (Å²) in [5.74, 6) is -1.72. The Kier molecular flexibility index (Phi) is 8.54. The van der Waals surface area contributed by atoms with E-state index in [0.717, 1.165) is 12.0 Å². The van der Waals surface area contributed by atoms with Gasteiger partial charge in [0.25, 0.3) is 0 Å². The van der Waals surface area contributed by atoms with Crippen molar-refractivity contribution >= 4 is 17.7 Å². The SMILES string of the molecule is NC(=O)CCC(NC(=O)CCCc1ccccc1)C(=O)N1CC(O)CC1c1cccc(F)c1. The minimum atomic E-state index is -0.955. The monoisotopic (exact) mass is 455 g/mol. The first-order valence-electron chi connectivity index (χ1n) is 11.2. The number of hydrogen-bond acceptors (Lipinski definition) is 4. The number of aliphatic hydroxyl groups excluding tert-OH is 1. The summed E-state index contributed by atoms with van der Waals surface area (Å²) in [7, 11) is 0. The summed E-state index contributed by atoms with van der Waals surface area (Å²) in [6.45, 7) is 0.0664. The van der Waals surface area contributed by atoms with Crippen molar-refractivity contribution in [3.63, 3.8) is 0 Å². The highest BCUT2D eigenvalue weighted by Crippen LogP contribution is 2.33. The fourth-order valence-corrected chi connectivity index (χ4v) is 4.20. The van der Waals surface area contributed by atoms with Gasteiger partial charge in [-0.3, -0.25) is 14.4 Å². The second-order valence-electron chi connectivity index (χ2n) is 8.42. The molecule has 2 aromatic carbocycles. The lowest BCUT2D eigenvalue weighted by molar-refractivity contribution is -0.138. The minimum absolute atomic E-state index is 0.0566. The largest absolute Gasteiger partial charge is 0.391 e. The molecule has 1 aliphatic heterocycles. The number of amides is 3. The molecule has 176 valence electrons. The molecule has 1 saturated heterocycles. The van der Waals surface area contributed by atoms with Crippen molar-refractivity contribution in [1.29, 1.82) is 0 Å². The van der Waals surface area contributed by atoms with Gasteiger partial charge >= 0.3 is 0 Å². The third kappa shape index (κ3) is 7.12. The van der Waals surface area contributed by atoms with Gasteiger partial charge in [0.2, 0.25) is 17.7 Å². The van der Waals surface area contributed by atoms with E-state index in [1.165, 1.54) is 17.0 Å². The molecule has 7 nitrogen and oxygen atoms in total. The predicted octanol–water partition coefficient (Wildman–Crippen LogP) is 2.23. The number of likely N-dealkylation sites (tertiary alicyclic amines) is 1. The van der Waals surface area contributed by atoms with Gasteiger partial charge in [0.15, 0.2) is 0 Å². The van der Waals surface area contributed by atoms with Gasteiger partial charge < -0.3 is 21.1 Å². The molecular weight excluding hydrogens is 425 g/mol. The number of hydrogen-bond donors (Lipinski definition) is 3. The van der Waals surface area contributed by atoms with Gasteiger partial charge in [0.1, 0.15) is 11.9 Å². The first kappa shape index (κ1) is 24.4. The molecule has 0 radical (unpaired) electrons. The van der Waals surface area contributed by atoms with Crippen LogP contribution in [0.3, 0.4) is 0 Å². The van der Waals surface area contributed by atoms with Crippen LogP contribution in [-0.4, -0.2) is 46.4 Å². The molecule has 4 N–H and O–H groups in total. The summed E-state index contributed by atoms with van der Waals surface area (Å²) in [6.07, 6.45) is 1.06. The molecule has 1 heterocycles. The number of nitrogens with two attached hydrogens (primary N) is 1. The van der Waals surface area contributed by atoms with Gasteiger partial charge in [0.05, 0.1) is 12.1 Å². The lowest BCUT2D eigenvalue weighted by Gasteiger charge is -2.29. The van der Waals surface area contributed by atoms with Crippen molar-refractivity contribution < 1.29 is 23.9 Å². The Balaban J connectivity index is 1.67. The van der Waals surface area contributed by atoms with E-state index in [-0.39, 0.29) is 38.1 Å². The molecule has 3 rings (SSSR count). The number of halogens is 1. The summed E-state index contributed by atoms with van der Waals surface area (Å²) in [6, 6.07) is 14.2. The fourth-order valence-electron chi connectivity index (χ4n) is 4.20. The maximum atomic E-state index is 13.8. The minimum Gasteiger partial charge on any atom is -0.391 e. The van der Waals surface area contributed by atoms with Crippen LogP contribution in [0, 0.1) is 5.82 Å². The van der Waals surface area contributed by atoms with Gasteiger partial charge in [-0.25, -0.2) is 4.39 Å². The zero-order valence-corrected chi connectivity index (χ0v) is 18.5. The number of nitrogens with zero attached hydrogens (tertiary/aromatic N) is 1. The summed E-state index contributed by atoms with van der Waals surface area (Å²) in [5.41, 5.74) is 6.96. The number of aryl methyl sites for hydroxylation is 1. The first-order chi connectivity index (χ1) is 15.8. The highest BCUT2D eigenvalue weighted by Gasteiger charge is 2.38. The number of primary amides is 1. The molecule has 3 unspecified atom stereocenters. The van der Waals surface area contributed by atoms with Crippen molar-refractivity contribution in [3.8, 4) is 0 Å². The molecule has 0 spiro atoms. The normalized spacial score (nSPS) is 18.7. The molecule has 3 amide bonds. The van der Waals surface area contributed by atoms with Crippen LogP contribution < -0.4 is 11.1 Å². The van der Waals surface area contributed by atoms with Crippen LogP contribution in [0.4, 0.5) is 4.39 Å². The molecule has 1 aliphatic rings. The van der Waals surface area contributed by atoms with Gasteiger partial charge in [-0.05, 0) is 48.9 Å². The number of β-amino-alcohol motifs (C(OH)–C–C–N with tert-alkyl or cyclic N) is 1. The molecule has 2 aromatic rings. The summed E-state index contributed by atoms with van der Waals surface area (Å²) in [4.78, 5) is 38.7. The van der Waals surface area contributed by atoms with Crippen LogP contribution in [0.5, 0.6) is 0 Å². The number of aliphatic hydroxyl groups is 1. The van der Waals surface area contributed by atoms with E-state index in [1.807, 2.05) is 30.3 Å². The van der Waals surface area contributed by atoms with E-state index in [4.69, 9.17) is 5.73 Å². The molecule has 0 aliphatic carbocycles. The molecule has 1 fully saturated rings. The highest BCUT2D eigenvalue weighted by molar-refractivity contribution is 5.88. The number of nitrogens with one attached hydrogen (secondary N) is 1. The van der Waals surface area contributed by atoms with Gasteiger partial charge in [-0.1, -0.05) is 42.5 Å². The van der Waals surface area contributed by atoms with Crippen molar-refractivity contribution in [2.45, 2.75) is 56.7 Å². The average Bonchev–Trinajstić information content (AvgIpc) is 3.18. The molecule has 8 heteroatoms. The first-order valence-corrected chi connectivity index (χ1v) is 11.2. The van der Waals surface area contributed by atoms with E-state index >= 15 is 0 Å². The van der Waals surface area contributed by atoms with Gasteiger partial charge in [0, 0.05) is 19.4 Å². The molecule has 0 aromatic heterocycles. The molecule has 33 heavy (non-hydrogen) atoms. The Morgan fingerprint density at radius 2 is 1.88 bits per heavy atom. The van der Waals surface area contributed by atoms with Crippen LogP contribution in [0.15, 0.2) is 54.6 Å². The Hall–Kier alpha value is -3.26. The van der Waals surface area contributed by atoms with Crippen LogP contribution in [0.25, 0.3) is 0 Å². The zero-order valence-electron chi connectivity index (χ0n) is 18.5. The molecule has 0 bridgehead atoms. The second kappa shape index (κ2) is 11.6. The van der Waals surface area contributed by atoms with Crippen molar-refractivity contribution in [2.24, 2.45) is 5.73 Å². The lowest BCUT2D eigenvalue weighted by Crippen LogP contribution is -2.49. The third-order valence-electron chi connectivity index (χ3n) is 5.82. The summed E-state index contributed by atoms with van der Waals surface area (Å²) < 4.78 is 13.8. The van der Waals surface area contributed by atoms with Crippen molar-refractivity contribution in [2.75, 3.05) is 6.54 Å². The van der Waals surface area contributed by atoms with E-state index in [1.54, 1.807) is 12.1 Å². The van der Waals surface area contributed by atoms with Crippen LogP contribution in [0.1, 0.15) is 49.3 Å². The summed E-state index contributed by atoms with van der Waals surface area (Å²) >= 11 is 0. The van der Waals surface area contributed by atoms with E-state index in [0.29, 0.717) is 12.0 Å². The maximum absolute atomic E-state index is 13.8. The van der Waals surface area contributed by atoms with E-state index < -0.39 is 35.8 Å².